The van der Waals surface area contributed by atoms with E-state index in [1.807, 2.05) is 17.2 Å². The SMILES string of the molecule is Cc1csc(C(=O)N(CCCl)C2CCCC2)c1Cl. The Kier molecular flexibility index (Phi) is 4.93. The number of thiophene rings is 1. The van der Waals surface area contributed by atoms with Crippen LogP contribution in [0.2, 0.25) is 5.02 Å². The first-order chi connectivity index (χ1) is 8.65. The van der Waals surface area contributed by atoms with E-state index in [9.17, 15) is 4.79 Å². The summed E-state index contributed by atoms with van der Waals surface area (Å²) in [5.41, 5.74) is 0.974. The van der Waals surface area contributed by atoms with E-state index in [0.29, 0.717) is 28.4 Å². The molecule has 0 N–H and O–H groups in total. The molecule has 1 fully saturated rings. The summed E-state index contributed by atoms with van der Waals surface area (Å²) in [6.45, 7) is 2.54. The molecule has 0 saturated heterocycles. The second kappa shape index (κ2) is 6.27. The number of carbonyl (C=O) groups is 1. The molecule has 0 spiro atoms. The average molecular weight is 306 g/mol. The lowest BCUT2D eigenvalue weighted by Gasteiger charge is -2.28. The first kappa shape index (κ1) is 14.2. The molecule has 0 aliphatic heterocycles. The Balaban J connectivity index is 2.19. The summed E-state index contributed by atoms with van der Waals surface area (Å²) in [5, 5.41) is 2.53. The van der Waals surface area contributed by atoms with Crippen molar-refractivity contribution in [2.24, 2.45) is 0 Å². The summed E-state index contributed by atoms with van der Waals surface area (Å²) in [4.78, 5) is 15.1. The van der Waals surface area contributed by atoms with Crippen molar-refractivity contribution in [3.05, 3.63) is 20.8 Å². The van der Waals surface area contributed by atoms with Crippen LogP contribution in [-0.2, 0) is 0 Å². The van der Waals surface area contributed by atoms with Gasteiger partial charge in [0.25, 0.3) is 5.91 Å². The molecule has 18 heavy (non-hydrogen) atoms. The third kappa shape index (κ3) is 2.84. The molecule has 100 valence electrons. The minimum atomic E-state index is 0.0469. The zero-order valence-corrected chi connectivity index (χ0v) is 12.7. The first-order valence-corrected chi connectivity index (χ1v) is 8.05. The van der Waals surface area contributed by atoms with E-state index in [2.05, 4.69) is 0 Å². The Hall–Kier alpha value is -0.250. The van der Waals surface area contributed by atoms with Crippen molar-refractivity contribution in [2.75, 3.05) is 12.4 Å². The van der Waals surface area contributed by atoms with Gasteiger partial charge in [0.05, 0.1) is 5.02 Å². The van der Waals surface area contributed by atoms with Crippen molar-refractivity contribution in [1.82, 2.24) is 4.90 Å². The largest absolute Gasteiger partial charge is 0.334 e. The molecule has 0 unspecified atom stereocenters. The summed E-state index contributed by atoms with van der Waals surface area (Å²) < 4.78 is 0. The molecule has 2 rings (SSSR count). The number of amides is 1. The lowest BCUT2D eigenvalue weighted by Crippen LogP contribution is -2.39. The Morgan fingerprint density at radius 1 is 1.50 bits per heavy atom. The van der Waals surface area contributed by atoms with Gasteiger partial charge in [-0.2, -0.15) is 0 Å². The summed E-state index contributed by atoms with van der Waals surface area (Å²) in [7, 11) is 0. The van der Waals surface area contributed by atoms with E-state index in [-0.39, 0.29) is 5.91 Å². The normalized spacial score (nSPS) is 16.2. The summed E-state index contributed by atoms with van der Waals surface area (Å²) in [5.74, 6) is 0.523. The summed E-state index contributed by atoms with van der Waals surface area (Å²) >= 11 is 13.4. The van der Waals surface area contributed by atoms with Crippen LogP contribution in [0.3, 0.4) is 0 Å². The third-order valence-corrected chi connectivity index (χ3v) is 5.30. The van der Waals surface area contributed by atoms with Crippen LogP contribution in [0.4, 0.5) is 0 Å². The molecule has 0 aromatic carbocycles. The minimum absolute atomic E-state index is 0.0469. The van der Waals surface area contributed by atoms with Crippen LogP contribution < -0.4 is 0 Å². The number of carbonyl (C=O) groups excluding carboxylic acids is 1. The number of rotatable bonds is 4. The number of hydrogen-bond acceptors (Lipinski definition) is 2. The highest BCUT2D eigenvalue weighted by atomic mass is 35.5. The third-order valence-electron chi connectivity index (χ3n) is 3.45. The topological polar surface area (TPSA) is 20.3 Å². The molecule has 0 radical (unpaired) electrons. The Bertz CT molecular complexity index is 427. The molecule has 5 heteroatoms. The van der Waals surface area contributed by atoms with Gasteiger partial charge in [0.1, 0.15) is 4.88 Å². The van der Waals surface area contributed by atoms with Crippen LogP contribution in [0, 0.1) is 6.92 Å². The molecular weight excluding hydrogens is 289 g/mol. The number of hydrogen-bond donors (Lipinski definition) is 0. The fraction of sp³-hybridized carbons (Fsp3) is 0.615. The van der Waals surface area contributed by atoms with Crippen molar-refractivity contribution in [3.8, 4) is 0 Å². The smallest absolute Gasteiger partial charge is 0.265 e. The van der Waals surface area contributed by atoms with Gasteiger partial charge in [-0.05, 0) is 30.7 Å². The number of alkyl halides is 1. The van der Waals surface area contributed by atoms with Crippen LogP contribution in [0.5, 0.6) is 0 Å². The van der Waals surface area contributed by atoms with Gasteiger partial charge >= 0.3 is 0 Å². The van der Waals surface area contributed by atoms with Crippen molar-refractivity contribution >= 4 is 40.4 Å². The molecule has 1 aliphatic carbocycles. The van der Waals surface area contributed by atoms with Crippen molar-refractivity contribution in [2.45, 2.75) is 38.6 Å². The minimum Gasteiger partial charge on any atom is -0.334 e. The molecule has 1 amide bonds. The van der Waals surface area contributed by atoms with Gasteiger partial charge in [0, 0.05) is 18.5 Å². The zero-order valence-electron chi connectivity index (χ0n) is 10.4. The molecular formula is C13H17Cl2NOS. The van der Waals surface area contributed by atoms with Crippen LogP contribution in [0.25, 0.3) is 0 Å². The van der Waals surface area contributed by atoms with E-state index < -0.39 is 0 Å². The fourth-order valence-corrected chi connectivity index (χ4v) is 3.87. The molecule has 0 bridgehead atoms. The van der Waals surface area contributed by atoms with E-state index in [0.717, 1.165) is 18.4 Å². The van der Waals surface area contributed by atoms with Gasteiger partial charge in [-0.1, -0.05) is 24.4 Å². The molecule has 0 atom stereocenters. The first-order valence-electron chi connectivity index (χ1n) is 6.25. The van der Waals surface area contributed by atoms with Crippen LogP contribution in [0.15, 0.2) is 5.38 Å². The lowest BCUT2D eigenvalue weighted by molar-refractivity contribution is 0.0700. The summed E-state index contributed by atoms with van der Waals surface area (Å²) in [6, 6.07) is 0.342. The van der Waals surface area contributed by atoms with E-state index in [1.165, 1.54) is 24.2 Å². The van der Waals surface area contributed by atoms with Gasteiger partial charge in [0.15, 0.2) is 0 Å². The molecule has 1 saturated carbocycles. The molecule has 2 nitrogen and oxygen atoms in total. The van der Waals surface area contributed by atoms with Gasteiger partial charge < -0.3 is 4.90 Å². The van der Waals surface area contributed by atoms with E-state index >= 15 is 0 Å². The Morgan fingerprint density at radius 3 is 2.67 bits per heavy atom. The van der Waals surface area contributed by atoms with Crippen LogP contribution in [0.1, 0.15) is 40.9 Å². The molecule has 1 heterocycles. The molecule has 1 aliphatic rings. The molecule has 1 aromatic heterocycles. The highest BCUT2D eigenvalue weighted by Crippen LogP contribution is 2.31. The maximum absolute atomic E-state index is 12.5. The maximum Gasteiger partial charge on any atom is 0.265 e. The number of aryl methyl sites for hydroxylation is 1. The predicted molar refractivity (Wildman–Crippen MR) is 78.1 cm³/mol. The van der Waals surface area contributed by atoms with Crippen molar-refractivity contribution in [3.63, 3.8) is 0 Å². The Morgan fingerprint density at radius 2 is 2.17 bits per heavy atom. The van der Waals surface area contributed by atoms with E-state index in [4.69, 9.17) is 23.2 Å². The van der Waals surface area contributed by atoms with Gasteiger partial charge in [0.2, 0.25) is 0 Å². The fourth-order valence-electron chi connectivity index (χ4n) is 2.46. The highest BCUT2D eigenvalue weighted by molar-refractivity contribution is 7.13. The summed E-state index contributed by atoms with van der Waals surface area (Å²) in [6.07, 6.45) is 4.58. The van der Waals surface area contributed by atoms with Gasteiger partial charge in [-0.3, -0.25) is 4.79 Å². The number of nitrogens with zero attached hydrogens (tertiary/aromatic N) is 1. The van der Waals surface area contributed by atoms with Gasteiger partial charge in [-0.25, -0.2) is 0 Å². The van der Waals surface area contributed by atoms with Crippen molar-refractivity contribution in [1.29, 1.82) is 0 Å². The second-order valence-corrected chi connectivity index (χ2v) is 6.32. The second-order valence-electron chi connectivity index (χ2n) is 4.69. The van der Waals surface area contributed by atoms with E-state index in [1.54, 1.807) is 0 Å². The average Bonchev–Trinajstić information content (AvgIpc) is 2.98. The van der Waals surface area contributed by atoms with Crippen LogP contribution >= 0.6 is 34.5 Å². The van der Waals surface area contributed by atoms with Crippen molar-refractivity contribution < 1.29 is 4.79 Å². The Labute approximate surface area is 122 Å². The van der Waals surface area contributed by atoms with Crippen LogP contribution in [-0.4, -0.2) is 29.3 Å². The number of halogens is 2. The highest BCUT2D eigenvalue weighted by Gasteiger charge is 2.29. The van der Waals surface area contributed by atoms with Gasteiger partial charge in [-0.15, -0.1) is 22.9 Å². The quantitative estimate of drug-likeness (QED) is 0.758. The predicted octanol–water partition coefficient (Wildman–Crippen LogP) is 4.33. The lowest BCUT2D eigenvalue weighted by atomic mass is 10.2. The standard InChI is InChI=1S/C13H17Cl2NOS/c1-9-8-18-12(11(9)15)13(17)16(7-6-14)10-4-2-3-5-10/h8,10H,2-7H2,1H3. The molecule has 1 aromatic rings. The maximum atomic E-state index is 12.5. The zero-order chi connectivity index (χ0) is 13.1. The monoisotopic (exact) mass is 305 g/mol.